The first-order chi connectivity index (χ1) is 9.62. The number of halogens is 2. The predicted molar refractivity (Wildman–Crippen MR) is 86.5 cm³/mol. The molecule has 8 heteroatoms. The normalized spacial score (nSPS) is 11.5. The lowest BCUT2D eigenvalue weighted by atomic mass is 10.2. The average molecular weight is 353 g/mol. The van der Waals surface area contributed by atoms with Gasteiger partial charge in [-0.25, -0.2) is 8.42 Å². The quantitative estimate of drug-likeness (QED) is 0.855. The molecule has 0 radical (unpaired) electrons. The monoisotopic (exact) mass is 352 g/mol. The van der Waals surface area contributed by atoms with E-state index in [1.807, 2.05) is 0 Å². The second kappa shape index (κ2) is 7.33. The molecule has 0 atom stereocenters. The van der Waals surface area contributed by atoms with Gasteiger partial charge < -0.3 is 5.32 Å². The summed E-state index contributed by atoms with van der Waals surface area (Å²) in [5, 5.41) is 3.33. The van der Waals surface area contributed by atoms with Crippen LogP contribution in [0, 0.1) is 5.92 Å². The fraction of sp³-hybridized carbons (Fsp3) is 0.462. The Morgan fingerprint density at radius 3 is 2.43 bits per heavy atom. The van der Waals surface area contributed by atoms with Gasteiger partial charge in [-0.2, -0.15) is 0 Å². The first kappa shape index (κ1) is 18.1. The van der Waals surface area contributed by atoms with Gasteiger partial charge in [-0.15, -0.1) is 0 Å². The van der Waals surface area contributed by atoms with Crippen LogP contribution in [0.2, 0.25) is 10.0 Å². The molecule has 0 fully saturated rings. The lowest BCUT2D eigenvalue weighted by molar-refractivity contribution is -0.123. The van der Waals surface area contributed by atoms with E-state index in [0.717, 1.165) is 10.6 Å². The molecule has 1 amide bonds. The summed E-state index contributed by atoms with van der Waals surface area (Å²) in [4.78, 5) is 11.5. The second-order valence-corrected chi connectivity index (χ2v) is 7.63. The molecule has 0 aromatic heterocycles. The Morgan fingerprint density at radius 1 is 1.33 bits per heavy atom. The molecule has 0 spiro atoms. The molecule has 0 bridgehead atoms. The van der Waals surface area contributed by atoms with Crippen LogP contribution in [0.5, 0.6) is 0 Å². The Morgan fingerprint density at radius 2 is 1.95 bits per heavy atom. The SMILES string of the molecule is CC(C)C(=O)NCCN(c1ccc(Cl)cc1Cl)S(C)(=O)=O. The Labute approximate surface area is 135 Å². The summed E-state index contributed by atoms with van der Waals surface area (Å²) in [6.45, 7) is 3.82. The number of benzene rings is 1. The van der Waals surface area contributed by atoms with Crippen molar-refractivity contribution in [1.29, 1.82) is 0 Å². The highest BCUT2D eigenvalue weighted by Crippen LogP contribution is 2.30. The molecule has 0 aliphatic heterocycles. The lowest BCUT2D eigenvalue weighted by Gasteiger charge is -2.24. The highest BCUT2D eigenvalue weighted by molar-refractivity contribution is 7.92. The number of sulfonamides is 1. The zero-order valence-electron chi connectivity index (χ0n) is 12.1. The third kappa shape index (κ3) is 5.37. The fourth-order valence-electron chi connectivity index (χ4n) is 1.63. The van der Waals surface area contributed by atoms with E-state index in [-0.39, 0.29) is 29.9 Å². The van der Waals surface area contributed by atoms with E-state index in [1.165, 1.54) is 12.1 Å². The fourth-order valence-corrected chi connectivity index (χ4v) is 3.13. The largest absolute Gasteiger partial charge is 0.354 e. The Hall–Kier alpha value is -0.980. The molecule has 0 saturated heterocycles. The maximum atomic E-state index is 11.9. The van der Waals surface area contributed by atoms with Crippen molar-refractivity contribution in [2.75, 3.05) is 23.7 Å². The minimum absolute atomic E-state index is 0.0959. The van der Waals surface area contributed by atoms with Gasteiger partial charge in [0.2, 0.25) is 15.9 Å². The molecule has 1 rings (SSSR count). The zero-order valence-corrected chi connectivity index (χ0v) is 14.4. The summed E-state index contributed by atoms with van der Waals surface area (Å²) in [5.41, 5.74) is 0.336. The molecule has 0 aliphatic rings. The molecule has 21 heavy (non-hydrogen) atoms. The van der Waals surface area contributed by atoms with E-state index in [4.69, 9.17) is 23.2 Å². The minimum Gasteiger partial charge on any atom is -0.354 e. The minimum atomic E-state index is -3.52. The highest BCUT2D eigenvalue weighted by Gasteiger charge is 2.20. The number of nitrogens with zero attached hydrogens (tertiary/aromatic N) is 1. The Kier molecular flexibility index (Phi) is 6.31. The van der Waals surface area contributed by atoms with Crippen molar-refractivity contribution in [3.8, 4) is 0 Å². The summed E-state index contributed by atoms with van der Waals surface area (Å²) in [6.07, 6.45) is 1.09. The third-order valence-electron chi connectivity index (χ3n) is 2.72. The van der Waals surface area contributed by atoms with Crippen LogP contribution >= 0.6 is 23.2 Å². The molecule has 5 nitrogen and oxygen atoms in total. The molecule has 1 aromatic carbocycles. The van der Waals surface area contributed by atoms with Gasteiger partial charge in [0.15, 0.2) is 0 Å². The van der Waals surface area contributed by atoms with Crippen molar-refractivity contribution in [1.82, 2.24) is 5.32 Å². The number of anilines is 1. The predicted octanol–water partition coefficient (Wildman–Crippen LogP) is 2.53. The highest BCUT2D eigenvalue weighted by atomic mass is 35.5. The van der Waals surface area contributed by atoms with Gasteiger partial charge >= 0.3 is 0 Å². The van der Waals surface area contributed by atoms with Crippen LogP contribution in [-0.2, 0) is 14.8 Å². The van der Waals surface area contributed by atoms with Crippen molar-refractivity contribution in [3.63, 3.8) is 0 Å². The zero-order chi connectivity index (χ0) is 16.2. The van der Waals surface area contributed by atoms with Gasteiger partial charge in [0.25, 0.3) is 0 Å². The van der Waals surface area contributed by atoms with Crippen molar-refractivity contribution in [3.05, 3.63) is 28.2 Å². The van der Waals surface area contributed by atoms with Crippen LogP contribution in [0.4, 0.5) is 5.69 Å². The third-order valence-corrected chi connectivity index (χ3v) is 4.44. The van der Waals surface area contributed by atoms with Crippen LogP contribution in [0.25, 0.3) is 0 Å². The number of nitrogens with one attached hydrogen (secondary N) is 1. The molecular formula is C13H18Cl2N2O3S. The standard InChI is InChI=1S/C13H18Cl2N2O3S/c1-9(2)13(18)16-6-7-17(21(3,19)20)12-5-4-10(14)8-11(12)15/h4-5,8-9H,6-7H2,1-3H3,(H,16,18). The molecule has 118 valence electrons. The molecule has 0 aliphatic carbocycles. The van der Waals surface area contributed by atoms with E-state index in [9.17, 15) is 13.2 Å². The summed E-state index contributed by atoms with van der Waals surface area (Å²) in [7, 11) is -3.52. The molecule has 1 aromatic rings. The van der Waals surface area contributed by atoms with Crippen LogP contribution < -0.4 is 9.62 Å². The van der Waals surface area contributed by atoms with Crippen molar-refractivity contribution in [2.45, 2.75) is 13.8 Å². The number of carbonyl (C=O) groups is 1. The van der Waals surface area contributed by atoms with E-state index >= 15 is 0 Å². The number of carbonyl (C=O) groups excluding carboxylic acids is 1. The van der Waals surface area contributed by atoms with Gasteiger partial charge in [0.1, 0.15) is 0 Å². The van der Waals surface area contributed by atoms with Crippen LogP contribution in [0.3, 0.4) is 0 Å². The maximum absolute atomic E-state index is 11.9. The maximum Gasteiger partial charge on any atom is 0.232 e. The van der Waals surface area contributed by atoms with Crippen molar-refractivity contribution < 1.29 is 13.2 Å². The molecule has 0 saturated carbocycles. The molecular weight excluding hydrogens is 335 g/mol. The Bertz CT molecular complexity index is 618. The lowest BCUT2D eigenvalue weighted by Crippen LogP contribution is -2.39. The molecule has 0 unspecified atom stereocenters. The molecule has 1 N–H and O–H groups in total. The van der Waals surface area contributed by atoms with Gasteiger partial charge in [-0.05, 0) is 18.2 Å². The summed E-state index contributed by atoms with van der Waals surface area (Å²) < 4.78 is 24.9. The first-order valence-electron chi connectivity index (χ1n) is 6.33. The van der Waals surface area contributed by atoms with Crippen molar-refractivity contribution in [2.24, 2.45) is 5.92 Å². The summed E-state index contributed by atoms with van der Waals surface area (Å²) in [6, 6.07) is 4.58. The number of rotatable bonds is 6. The van der Waals surface area contributed by atoms with E-state index in [0.29, 0.717) is 10.7 Å². The number of hydrogen-bond acceptors (Lipinski definition) is 3. The van der Waals surface area contributed by atoms with Gasteiger partial charge in [0.05, 0.1) is 23.5 Å². The second-order valence-electron chi connectivity index (χ2n) is 4.88. The van der Waals surface area contributed by atoms with Crippen LogP contribution in [0.15, 0.2) is 18.2 Å². The van der Waals surface area contributed by atoms with Crippen molar-refractivity contribution >= 4 is 44.8 Å². The number of amides is 1. The summed E-state index contributed by atoms with van der Waals surface area (Å²) in [5.74, 6) is -0.290. The number of hydrogen-bond donors (Lipinski definition) is 1. The van der Waals surface area contributed by atoms with Gasteiger partial charge in [-0.3, -0.25) is 9.10 Å². The van der Waals surface area contributed by atoms with E-state index in [2.05, 4.69) is 5.32 Å². The molecule has 0 heterocycles. The van der Waals surface area contributed by atoms with Gasteiger partial charge in [0, 0.05) is 17.5 Å². The van der Waals surface area contributed by atoms with Crippen LogP contribution in [-0.4, -0.2) is 33.7 Å². The summed E-state index contributed by atoms with van der Waals surface area (Å²) >= 11 is 11.9. The Balaban J connectivity index is 2.90. The average Bonchev–Trinajstić information content (AvgIpc) is 2.34. The van der Waals surface area contributed by atoms with E-state index < -0.39 is 10.0 Å². The van der Waals surface area contributed by atoms with E-state index in [1.54, 1.807) is 19.9 Å². The van der Waals surface area contributed by atoms with Gasteiger partial charge in [-0.1, -0.05) is 37.0 Å². The topological polar surface area (TPSA) is 66.5 Å². The van der Waals surface area contributed by atoms with Crippen LogP contribution in [0.1, 0.15) is 13.8 Å². The first-order valence-corrected chi connectivity index (χ1v) is 8.94. The smallest absolute Gasteiger partial charge is 0.232 e.